The van der Waals surface area contributed by atoms with E-state index < -0.39 is 34.7 Å². The second kappa shape index (κ2) is 15.1. The Morgan fingerprint density at radius 2 is 1.14 bits per heavy atom. The van der Waals surface area contributed by atoms with Crippen LogP contribution < -0.4 is 0 Å². The third-order valence-electron chi connectivity index (χ3n) is 5.78. The quantitative estimate of drug-likeness (QED) is 0.100. The predicted molar refractivity (Wildman–Crippen MR) is 142 cm³/mol. The fraction of sp³-hybridized carbons (Fsp3) is 0.905. The van der Waals surface area contributed by atoms with Crippen LogP contribution >= 0.6 is 0 Å². The molecule has 0 aromatic rings. The number of ether oxygens (including phenoxy) is 4. The minimum absolute atomic E-state index is 0.241. The number of hydrogen-bond acceptors (Lipinski definition) is 11. The molecule has 2 aliphatic heterocycles. The molecule has 0 spiro atoms. The molecular formula is C21H46O11Si4. The molecule has 0 bridgehead atoms. The molecule has 2 heterocycles. The zero-order chi connectivity index (χ0) is 26.7. The Morgan fingerprint density at radius 3 is 1.50 bits per heavy atom. The normalized spacial score (nSPS) is 21.9. The van der Waals surface area contributed by atoms with Crippen molar-refractivity contribution in [2.24, 2.45) is 0 Å². The molecule has 212 valence electrons. The Balaban J connectivity index is 1.93. The van der Waals surface area contributed by atoms with Crippen molar-refractivity contribution < 1.29 is 49.0 Å². The lowest BCUT2D eigenvalue weighted by atomic mass is 10.5. The Labute approximate surface area is 220 Å². The van der Waals surface area contributed by atoms with Gasteiger partial charge in [0.2, 0.25) is 0 Å². The van der Waals surface area contributed by atoms with Crippen LogP contribution in [0.15, 0.2) is 12.3 Å². The van der Waals surface area contributed by atoms with E-state index in [4.69, 9.17) is 49.0 Å². The zero-order valence-electron chi connectivity index (χ0n) is 23.0. The van der Waals surface area contributed by atoms with Crippen LogP contribution in [0.1, 0.15) is 12.8 Å². The standard InChI is InChI=1S/C21H46O11Si4/c1-9-34(8,32-36(24-4,25-5)15-11-13-27-17-21-19-29-21)30-33(6,7)31-35(22-2,23-3)14-10-12-26-16-20-18-28-20/h9,20-21H,1,10-19H2,2-8H3. The van der Waals surface area contributed by atoms with Crippen LogP contribution in [0.4, 0.5) is 0 Å². The molecule has 11 nitrogen and oxygen atoms in total. The molecule has 2 fully saturated rings. The predicted octanol–water partition coefficient (Wildman–Crippen LogP) is 2.61. The molecule has 0 amide bonds. The van der Waals surface area contributed by atoms with Crippen LogP contribution in [0.25, 0.3) is 0 Å². The molecular weight excluding hydrogens is 541 g/mol. The SMILES string of the molecule is C=C[Si](C)(O[Si](C)(C)O[Si](CCCOCC1CO1)(OC)OC)O[Si](CCCOCC1CO1)(OC)OC. The molecule has 0 aliphatic carbocycles. The first kappa shape index (κ1) is 32.4. The van der Waals surface area contributed by atoms with Gasteiger partial charge in [-0.1, -0.05) is 5.70 Å². The topological polar surface area (TPSA) is 108 Å². The molecule has 0 radical (unpaired) electrons. The second-order valence-corrected chi connectivity index (χ2v) is 22.4. The van der Waals surface area contributed by atoms with Gasteiger partial charge in [0.25, 0.3) is 0 Å². The number of epoxide rings is 2. The van der Waals surface area contributed by atoms with Crippen LogP contribution in [-0.4, -0.2) is 115 Å². The summed E-state index contributed by atoms with van der Waals surface area (Å²) in [7, 11) is -5.33. The highest BCUT2D eigenvalue weighted by Gasteiger charge is 2.52. The summed E-state index contributed by atoms with van der Waals surface area (Å²) in [4.78, 5) is 0. The first-order chi connectivity index (χ1) is 17.1. The van der Waals surface area contributed by atoms with Gasteiger partial charge in [-0.05, 0) is 32.5 Å². The van der Waals surface area contributed by atoms with Crippen molar-refractivity contribution >= 4 is 34.7 Å². The van der Waals surface area contributed by atoms with E-state index in [0.717, 1.165) is 26.1 Å². The zero-order valence-corrected chi connectivity index (χ0v) is 27.0. The summed E-state index contributed by atoms with van der Waals surface area (Å²) in [5.74, 6) is 0. The van der Waals surface area contributed by atoms with Crippen molar-refractivity contribution in [2.45, 2.75) is 56.8 Å². The highest BCUT2D eigenvalue weighted by atomic mass is 28.5. The lowest BCUT2D eigenvalue weighted by molar-refractivity contribution is 0.103. The maximum Gasteiger partial charge on any atom is 0.491 e. The molecule has 2 saturated heterocycles. The second-order valence-electron chi connectivity index (χ2n) is 9.38. The Morgan fingerprint density at radius 1 is 0.722 bits per heavy atom. The fourth-order valence-electron chi connectivity index (χ4n) is 3.68. The van der Waals surface area contributed by atoms with E-state index in [1.807, 2.05) is 19.6 Å². The van der Waals surface area contributed by atoms with Crippen molar-refractivity contribution in [3.63, 3.8) is 0 Å². The summed E-state index contributed by atoms with van der Waals surface area (Å²) >= 11 is 0. The van der Waals surface area contributed by atoms with E-state index in [-0.39, 0.29) is 12.2 Å². The lowest BCUT2D eigenvalue weighted by Crippen LogP contribution is -2.61. The molecule has 0 aromatic heterocycles. The van der Waals surface area contributed by atoms with Gasteiger partial charge in [-0.25, -0.2) is 0 Å². The molecule has 2 rings (SSSR count). The highest BCUT2D eigenvalue weighted by Crippen LogP contribution is 2.29. The summed E-state index contributed by atoms with van der Waals surface area (Å²) in [6, 6.07) is 1.20. The number of hydrogen-bond donors (Lipinski definition) is 0. The van der Waals surface area contributed by atoms with Gasteiger partial charge in [-0.2, -0.15) is 0 Å². The first-order valence-corrected chi connectivity index (χ1v) is 21.5. The maximum atomic E-state index is 6.60. The Hall–Kier alpha value is 0.168. The average Bonchev–Trinajstić information content (AvgIpc) is 3.77. The molecule has 2 aliphatic rings. The van der Waals surface area contributed by atoms with E-state index in [1.54, 1.807) is 34.1 Å². The van der Waals surface area contributed by atoms with E-state index >= 15 is 0 Å². The van der Waals surface area contributed by atoms with E-state index in [0.29, 0.717) is 38.5 Å². The van der Waals surface area contributed by atoms with Crippen LogP contribution in [0.2, 0.25) is 31.7 Å². The van der Waals surface area contributed by atoms with Crippen molar-refractivity contribution in [3.8, 4) is 0 Å². The summed E-state index contributed by atoms with van der Waals surface area (Å²) in [6.45, 7) is 13.8. The molecule has 0 aromatic carbocycles. The molecule has 0 saturated carbocycles. The van der Waals surface area contributed by atoms with Gasteiger partial charge in [0.05, 0.1) is 26.4 Å². The van der Waals surface area contributed by atoms with E-state index in [2.05, 4.69) is 6.58 Å². The molecule has 3 unspecified atom stereocenters. The summed E-state index contributed by atoms with van der Waals surface area (Å²) in [5.41, 5.74) is 1.74. The Kier molecular flexibility index (Phi) is 13.6. The van der Waals surface area contributed by atoms with Crippen molar-refractivity contribution in [1.82, 2.24) is 0 Å². The molecule has 36 heavy (non-hydrogen) atoms. The monoisotopic (exact) mass is 586 g/mol. The third-order valence-corrected chi connectivity index (χ3v) is 20.6. The van der Waals surface area contributed by atoms with Crippen LogP contribution in [0, 0.1) is 0 Å². The van der Waals surface area contributed by atoms with Gasteiger partial charge in [0.1, 0.15) is 12.2 Å². The average molecular weight is 587 g/mol. The molecule has 3 atom stereocenters. The van der Waals surface area contributed by atoms with E-state index in [1.165, 1.54) is 0 Å². The molecule has 0 N–H and O–H groups in total. The van der Waals surface area contributed by atoms with Crippen molar-refractivity contribution in [2.75, 3.05) is 68.1 Å². The maximum absolute atomic E-state index is 6.60. The fourth-order valence-corrected chi connectivity index (χ4v) is 19.3. The highest BCUT2D eigenvalue weighted by molar-refractivity contribution is 6.89. The summed E-state index contributed by atoms with van der Waals surface area (Å²) in [5, 5.41) is 0. The van der Waals surface area contributed by atoms with Crippen LogP contribution in [-0.2, 0) is 49.0 Å². The van der Waals surface area contributed by atoms with Gasteiger partial charge in [-0.15, -0.1) is 6.58 Å². The Bertz CT molecular complexity index is 643. The smallest absolute Gasteiger partial charge is 0.413 e. The summed E-state index contributed by atoms with van der Waals surface area (Å²) in [6.07, 6.45) is 1.97. The van der Waals surface area contributed by atoms with Crippen molar-refractivity contribution in [1.29, 1.82) is 0 Å². The van der Waals surface area contributed by atoms with Crippen molar-refractivity contribution in [3.05, 3.63) is 12.3 Å². The lowest BCUT2D eigenvalue weighted by Gasteiger charge is -2.41. The number of rotatable bonds is 23. The van der Waals surface area contributed by atoms with Gasteiger partial charge in [0, 0.05) is 53.7 Å². The first-order valence-electron chi connectivity index (χ1n) is 12.4. The molecule has 15 heteroatoms. The van der Waals surface area contributed by atoms with E-state index in [9.17, 15) is 0 Å². The third kappa shape index (κ3) is 11.5. The minimum atomic E-state index is -3.03. The van der Waals surface area contributed by atoms with Crippen LogP contribution in [0.5, 0.6) is 0 Å². The summed E-state index contributed by atoms with van der Waals surface area (Å²) < 4.78 is 64.6. The largest absolute Gasteiger partial charge is 0.491 e. The van der Waals surface area contributed by atoms with Gasteiger partial charge in [0.15, 0.2) is 0 Å². The van der Waals surface area contributed by atoms with Gasteiger partial charge in [-0.3, -0.25) is 0 Å². The van der Waals surface area contributed by atoms with Gasteiger partial charge < -0.3 is 49.0 Å². The van der Waals surface area contributed by atoms with Crippen LogP contribution in [0.3, 0.4) is 0 Å². The van der Waals surface area contributed by atoms with Gasteiger partial charge >= 0.3 is 34.7 Å². The minimum Gasteiger partial charge on any atom is -0.413 e.